The van der Waals surface area contributed by atoms with E-state index in [1.165, 1.54) is 28.5 Å². The van der Waals surface area contributed by atoms with Gasteiger partial charge in [-0.15, -0.1) is 0 Å². The van der Waals surface area contributed by atoms with Crippen molar-refractivity contribution in [2.45, 2.75) is 19.2 Å². The SMILES string of the molecule is Cc1cccc(Cn2cccc2C=C2C(=N)N3C(SCc4ccccc4)=NSC3=NC2=O)c1. The van der Waals surface area contributed by atoms with Gasteiger partial charge in [0.15, 0.2) is 5.17 Å². The Labute approximate surface area is 200 Å². The summed E-state index contributed by atoms with van der Waals surface area (Å²) < 4.78 is 6.53. The molecule has 0 spiro atoms. The number of carbonyl (C=O) groups is 1. The molecular weight excluding hydrogens is 450 g/mol. The maximum atomic E-state index is 12.8. The van der Waals surface area contributed by atoms with Gasteiger partial charge in [0.2, 0.25) is 5.17 Å². The molecule has 164 valence electrons. The molecule has 1 aromatic heterocycles. The van der Waals surface area contributed by atoms with E-state index in [0.717, 1.165) is 23.4 Å². The van der Waals surface area contributed by atoms with Crippen molar-refractivity contribution in [1.82, 2.24) is 9.47 Å². The fourth-order valence-electron chi connectivity index (χ4n) is 3.67. The van der Waals surface area contributed by atoms with Crippen molar-refractivity contribution in [2.75, 3.05) is 0 Å². The van der Waals surface area contributed by atoms with Gasteiger partial charge in [0.1, 0.15) is 5.84 Å². The Morgan fingerprint density at radius 1 is 1.06 bits per heavy atom. The number of amidine groups is 3. The molecule has 0 radical (unpaired) electrons. The summed E-state index contributed by atoms with van der Waals surface area (Å²) in [5, 5.41) is 9.88. The third-order valence-corrected chi connectivity index (χ3v) is 7.12. The highest BCUT2D eigenvalue weighted by Crippen LogP contribution is 2.33. The first-order valence-electron chi connectivity index (χ1n) is 10.4. The lowest BCUT2D eigenvalue weighted by atomic mass is 10.1. The Kier molecular flexibility index (Phi) is 6.02. The molecule has 2 aliphatic rings. The first-order valence-corrected chi connectivity index (χ1v) is 12.2. The summed E-state index contributed by atoms with van der Waals surface area (Å²) in [6.07, 6.45) is 3.73. The number of aromatic nitrogens is 1. The van der Waals surface area contributed by atoms with Gasteiger partial charge in [-0.25, -0.2) is 4.90 Å². The molecular formula is C25H21N5OS2. The number of thioether (sulfide) groups is 1. The van der Waals surface area contributed by atoms with Crippen molar-refractivity contribution >= 4 is 51.9 Å². The maximum absolute atomic E-state index is 12.8. The van der Waals surface area contributed by atoms with E-state index in [1.54, 1.807) is 11.0 Å². The van der Waals surface area contributed by atoms with Crippen LogP contribution in [0.25, 0.3) is 6.08 Å². The second kappa shape index (κ2) is 9.25. The summed E-state index contributed by atoms with van der Waals surface area (Å²) in [5.74, 6) is 0.424. The number of amides is 1. The summed E-state index contributed by atoms with van der Waals surface area (Å²) in [7, 11) is 0. The first-order chi connectivity index (χ1) is 16.1. The third kappa shape index (κ3) is 4.58. The van der Waals surface area contributed by atoms with E-state index < -0.39 is 5.91 Å². The molecule has 2 aliphatic heterocycles. The minimum absolute atomic E-state index is 0.109. The zero-order valence-electron chi connectivity index (χ0n) is 17.9. The van der Waals surface area contributed by atoms with Crippen LogP contribution in [-0.2, 0) is 17.1 Å². The lowest BCUT2D eigenvalue weighted by Crippen LogP contribution is -2.41. The third-order valence-electron chi connectivity index (χ3n) is 5.30. The number of aliphatic imine (C=N–C) groups is 1. The predicted molar refractivity (Wildman–Crippen MR) is 137 cm³/mol. The lowest BCUT2D eigenvalue weighted by molar-refractivity contribution is -0.114. The van der Waals surface area contributed by atoms with Crippen molar-refractivity contribution in [2.24, 2.45) is 9.39 Å². The number of nitrogens with zero attached hydrogens (tertiary/aromatic N) is 4. The average Bonchev–Trinajstić information content (AvgIpc) is 3.42. The van der Waals surface area contributed by atoms with E-state index in [-0.39, 0.29) is 11.4 Å². The van der Waals surface area contributed by atoms with E-state index in [0.29, 0.717) is 16.9 Å². The molecule has 1 amide bonds. The molecule has 2 aromatic carbocycles. The number of rotatable bonds is 5. The molecule has 33 heavy (non-hydrogen) atoms. The van der Waals surface area contributed by atoms with Crippen LogP contribution < -0.4 is 0 Å². The normalized spacial score (nSPS) is 16.8. The minimum atomic E-state index is -0.411. The molecule has 3 heterocycles. The highest BCUT2D eigenvalue weighted by molar-refractivity contribution is 8.18. The molecule has 0 saturated carbocycles. The molecule has 6 nitrogen and oxygen atoms in total. The molecule has 0 fully saturated rings. The van der Waals surface area contributed by atoms with Crippen molar-refractivity contribution in [1.29, 1.82) is 5.41 Å². The first kappa shape index (κ1) is 21.5. The zero-order valence-corrected chi connectivity index (χ0v) is 19.6. The number of hydrogen-bond acceptors (Lipinski definition) is 5. The van der Waals surface area contributed by atoms with Crippen LogP contribution in [0.4, 0.5) is 0 Å². The van der Waals surface area contributed by atoms with E-state index in [2.05, 4.69) is 51.2 Å². The quantitative estimate of drug-likeness (QED) is 0.402. The van der Waals surface area contributed by atoms with Crippen LogP contribution in [0.5, 0.6) is 0 Å². The van der Waals surface area contributed by atoms with Gasteiger partial charge in [0, 0.05) is 24.2 Å². The van der Waals surface area contributed by atoms with Gasteiger partial charge in [-0.3, -0.25) is 10.2 Å². The fraction of sp³-hybridized carbons (Fsp3) is 0.120. The van der Waals surface area contributed by atoms with Gasteiger partial charge < -0.3 is 4.57 Å². The van der Waals surface area contributed by atoms with Crippen molar-refractivity contribution in [3.63, 3.8) is 0 Å². The molecule has 5 rings (SSSR count). The van der Waals surface area contributed by atoms with E-state index in [1.807, 2.05) is 42.6 Å². The molecule has 0 saturated heterocycles. The van der Waals surface area contributed by atoms with E-state index in [9.17, 15) is 4.79 Å². The lowest BCUT2D eigenvalue weighted by Gasteiger charge is -2.24. The monoisotopic (exact) mass is 471 g/mol. The summed E-state index contributed by atoms with van der Waals surface area (Å²) in [6.45, 7) is 2.76. The summed E-state index contributed by atoms with van der Waals surface area (Å²) >= 11 is 2.68. The van der Waals surface area contributed by atoms with Crippen LogP contribution in [0, 0.1) is 12.3 Å². The van der Waals surface area contributed by atoms with Gasteiger partial charge in [-0.2, -0.15) is 9.39 Å². The van der Waals surface area contributed by atoms with Crippen LogP contribution in [0.1, 0.15) is 22.4 Å². The van der Waals surface area contributed by atoms with Crippen LogP contribution in [0.2, 0.25) is 0 Å². The highest BCUT2D eigenvalue weighted by atomic mass is 32.2. The Morgan fingerprint density at radius 2 is 1.88 bits per heavy atom. The molecule has 0 bridgehead atoms. The molecule has 0 atom stereocenters. The Morgan fingerprint density at radius 3 is 2.70 bits per heavy atom. The summed E-state index contributed by atoms with van der Waals surface area (Å²) in [4.78, 5) is 18.6. The maximum Gasteiger partial charge on any atom is 0.283 e. The molecule has 1 N–H and O–H groups in total. The second-order valence-corrected chi connectivity index (χ2v) is 9.40. The fourth-order valence-corrected chi connectivity index (χ4v) is 5.47. The number of benzene rings is 2. The highest BCUT2D eigenvalue weighted by Gasteiger charge is 2.37. The molecule has 0 aliphatic carbocycles. The second-order valence-electron chi connectivity index (χ2n) is 7.73. The Hall–Kier alpha value is -3.36. The van der Waals surface area contributed by atoms with Crippen LogP contribution in [0.3, 0.4) is 0 Å². The van der Waals surface area contributed by atoms with Gasteiger partial charge in [0.05, 0.1) is 17.5 Å². The number of nitrogens with one attached hydrogen (secondary N) is 1. The van der Waals surface area contributed by atoms with Crippen LogP contribution in [0.15, 0.2) is 87.9 Å². The van der Waals surface area contributed by atoms with Gasteiger partial charge in [0.25, 0.3) is 5.91 Å². The predicted octanol–water partition coefficient (Wildman–Crippen LogP) is 5.35. The summed E-state index contributed by atoms with van der Waals surface area (Å²) in [6, 6.07) is 22.3. The van der Waals surface area contributed by atoms with E-state index in [4.69, 9.17) is 5.41 Å². The topological polar surface area (TPSA) is 73.8 Å². The van der Waals surface area contributed by atoms with E-state index >= 15 is 0 Å². The Bertz CT molecular complexity index is 1320. The smallest absolute Gasteiger partial charge is 0.283 e. The van der Waals surface area contributed by atoms with Crippen LogP contribution in [-0.4, -0.2) is 31.5 Å². The Balaban J connectivity index is 1.38. The minimum Gasteiger partial charge on any atom is -0.344 e. The van der Waals surface area contributed by atoms with Crippen molar-refractivity contribution < 1.29 is 4.79 Å². The molecule has 8 heteroatoms. The number of fused-ring (bicyclic) bond motifs is 1. The average molecular weight is 472 g/mol. The molecule has 3 aromatic rings. The number of carbonyl (C=O) groups excluding carboxylic acids is 1. The van der Waals surface area contributed by atoms with Gasteiger partial charge in [-0.05, 0) is 36.3 Å². The van der Waals surface area contributed by atoms with Gasteiger partial charge in [-0.1, -0.05) is 71.9 Å². The van der Waals surface area contributed by atoms with Crippen molar-refractivity contribution in [3.8, 4) is 0 Å². The number of hydrogen-bond donors (Lipinski definition) is 1. The molecule has 0 unspecified atom stereocenters. The zero-order chi connectivity index (χ0) is 22.8. The van der Waals surface area contributed by atoms with Crippen molar-refractivity contribution in [3.05, 3.63) is 101 Å². The summed E-state index contributed by atoms with van der Waals surface area (Å²) in [5.41, 5.74) is 4.67. The van der Waals surface area contributed by atoms with Gasteiger partial charge >= 0.3 is 0 Å². The number of aryl methyl sites for hydroxylation is 1. The largest absolute Gasteiger partial charge is 0.344 e. The van der Waals surface area contributed by atoms with Crippen LogP contribution >= 0.6 is 23.7 Å². The standard InChI is InChI=1S/C25H21N5OS2/c1-17-7-5-10-19(13-17)15-29-12-6-11-20(29)14-21-22(26)30-24(27-23(21)31)33-28-25(30)32-16-18-8-3-2-4-9-18/h2-14,26H,15-16H2,1H3.